The van der Waals surface area contributed by atoms with Gasteiger partial charge >= 0.3 is 5.97 Å². The summed E-state index contributed by atoms with van der Waals surface area (Å²) in [6.07, 6.45) is -15.0. The Morgan fingerprint density at radius 2 is 1.50 bits per heavy atom. The van der Waals surface area contributed by atoms with Gasteiger partial charge in [0.1, 0.15) is 24.4 Å². The monoisotopic (exact) mass is 589 g/mol. The molecule has 8 atom stereocenters. The summed E-state index contributed by atoms with van der Waals surface area (Å²) < 4.78 is 139. The highest BCUT2D eigenvalue weighted by atomic mass is 32.3. The molecule has 36 heavy (non-hydrogen) atoms. The van der Waals surface area contributed by atoms with E-state index in [9.17, 15) is 48.8 Å². The van der Waals surface area contributed by atoms with Crippen molar-refractivity contribution in [1.82, 2.24) is 0 Å². The largest absolute Gasteiger partial charge is 0.726 e. The molecule has 0 amide bonds. The molecule has 0 radical (unpaired) electrons. The third-order valence-corrected chi connectivity index (χ3v) is 6.23. The van der Waals surface area contributed by atoms with E-state index < -0.39 is 99.2 Å². The Bertz CT molecular complexity index is 1070. The van der Waals surface area contributed by atoms with Gasteiger partial charge in [-0.2, -0.15) is 0 Å². The highest BCUT2D eigenvalue weighted by Gasteiger charge is 2.51. The minimum Gasteiger partial charge on any atom is -0.726 e. The van der Waals surface area contributed by atoms with E-state index >= 15 is 0 Å². The lowest BCUT2D eigenvalue weighted by Crippen LogP contribution is -2.62. The number of carboxylic acids is 1. The van der Waals surface area contributed by atoms with Crippen molar-refractivity contribution in [1.29, 1.82) is 0 Å². The SMILES string of the molecule is COC1COC(C(=O)O)[C@H](O[C@@H]2OC(COS(=O)(=O)[O-])CC(OS(=O)(=O)[O-])C2OS(=O)(=O)[O-])C1OC. The van der Waals surface area contributed by atoms with Gasteiger partial charge in [-0.3, -0.25) is 12.5 Å². The number of ether oxygens (including phenoxy) is 5. The van der Waals surface area contributed by atoms with Crippen molar-refractivity contribution in [2.75, 3.05) is 27.4 Å². The van der Waals surface area contributed by atoms with Gasteiger partial charge in [-0.25, -0.2) is 30.0 Å². The molecule has 6 unspecified atom stereocenters. The van der Waals surface area contributed by atoms with Gasteiger partial charge in [-0.15, -0.1) is 0 Å². The van der Waals surface area contributed by atoms with Gasteiger partial charge in [0.2, 0.25) is 31.2 Å². The van der Waals surface area contributed by atoms with Crippen molar-refractivity contribution in [2.24, 2.45) is 0 Å². The van der Waals surface area contributed by atoms with Crippen LogP contribution in [0.1, 0.15) is 6.42 Å². The predicted octanol–water partition coefficient (Wildman–Crippen LogP) is -3.83. The molecule has 0 aliphatic carbocycles. The van der Waals surface area contributed by atoms with Gasteiger partial charge in [-0.05, 0) is 0 Å². The van der Waals surface area contributed by atoms with Crippen LogP contribution in [0.4, 0.5) is 0 Å². The molecular formula is C14H21O19S3-3. The molecule has 2 rings (SSSR count). The maximum Gasteiger partial charge on any atom is 0.335 e. The average molecular weight is 590 g/mol. The Hall–Kier alpha value is -1.12. The lowest BCUT2D eigenvalue weighted by Gasteiger charge is -2.45. The fourth-order valence-corrected chi connectivity index (χ4v) is 4.83. The van der Waals surface area contributed by atoms with Crippen LogP contribution in [0, 0.1) is 0 Å². The van der Waals surface area contributed by atoms with E-state index in [-0.39, 0.29) is 6.61 Å². The Balaban J connectivity index is 2.49. The highest BCUT2D eigenvalue weighted by molar-refractivity contribution is 7.81. The van der Waals surface area contributed by atoms with Gasteiger partial charge < -0.3 is 42.4 Å². The Labute approximate surface area is 205 Å². The molecule has 2 aliphatic heterocycles. The number of aliphatic carboxylic acids is 1. The normalized spacial score (nSPS) is 34.4. The molecule has 0 spiro atoms. The van der Waals surface area contributed by atoms with Crippen LogP contribution in [0.5, 0.6) is 0 Å². The molecule has 0 aromatic carbocycles. The van der Waals surface area contributed by atoms with Crippen molar-refractivity contribution in [3.05, 3.63) is 0 Å². The average Bonchev–Trinajstić information content (AvgIpc) is 2.71. The summed E-state index contributed by atoms with van der Waals surface area (Å²) >= 11 is 0. The van der Waals surface area contributed by atoms with Crippen molar-refractivity contribution in [3.63, 3.8) is 0 Å². The number of carbonyl (C=O) groups is 1. The van der Waals surface area contributed by atoms with E-state index in [1.807, 2.05) is 0 Å². The van der Waals surface area contributed by atoms with Crippen LogP contribution in [-0.2, 0) is 72.2 Å². The maximum atomic E-state index is 11.7. The van der Waals surface area contributed by atoms with Crippen LogP contribution in [0.15, 0.2) is 0 Å². The van der Waals surface area contributed by atoms with Crippen LogP contribution < -0.4 is 0 Å². The van der Waals surface area contributed by atoms with Crippen LogP contribution in [0.2, 0.25) is 0 Å². The maximum absolute atomic E-state index is 11.7. The molecule has 0 aromatic rings. The van der Waals surface area contributed by atoms with Crippen LogP contribution in [-0.4, -0.2) is 126 Å². The summed E-state index contributed by atoms with van der Waals surface area (Å²) in [5, 5.41) is 9.51. The number of carboxylic acid groups (broad SMARTS) is 1. The second-order valence-electron chi connectivity index (χ2n) is 7.23. The molecule has 2 saturated heterocycles. The fourth-order valence-electron chi connectivity index (χ4n) is 3.53. The van der Waals surface area contributed by atoms with E-state index in [2.05, 4.69) is 12.5 Å². The van der Waals surface area contributed by atoms with Crippen LogP contribution in [0.25, 0.3) is 0 Å². The first-order valence-electron chi connectivity index (χ1n) is 9.53. The molecule has 19 nitrogen and oxygen atoms in total. The molecule has 2 fully saturated rings. The second-order valence-corrected chi connectivity index (χ2v) is 10.3. The second kappa shape index (κ2) is 12.2. The van der Waals surface area contributed by atoms with Gasteiger partial charge in [0.15, 0.2) is 18.5 Å². The first-order valence-corrected chi connectivity index (χ1v) is 13.5. The van der Waals surface area contributed by atoms with Crippen molar-refractivity contribution >= 4 is 37.2 Å². The van der Waals surface area contributed by atoms with Crippen molar-refractivity contribution in [3.8, 4) is 0 Å². The zero-order valence-electron chi connectivity index (χ0n) is 18.3. The van der Waals surface area contributed by atoms with Crippen molar-refractivity contribution in [2.45, 2.75) is 55.4 Å². The Morgan fingerprint density at radius 3 is 1.97 bits per heavy atom. The van der Waals surface area contributed by atoms with E-state index in [1.165, 1.54) is 7.11 Å². The van der Waals surface area contributed by atoms with Crippen molar-refractivity contribution < 1.29 is 85.0 Å². The summed E-state index contributed by atoms with van der Waals surface area (Å²) in [5.74, 6) is -1.60. The molecule has 22 heteroatoms. The Kier molecular flexibility index (Phi) is 10.5. The molecule has 2 heterocycles. The van der Waals surface area contributed by atoms with E-state index in [0.29, 0.717) is 0 Å². The third kappa shape index (κ3) is 9.32. The lowest BCUT2D eigenvalue weighted by atomic mass is 9.98. The lowest BCUT2D eigenvalue weighted by molar-refractivity contribution is -0.312. The smallest absolute Gasteiger partial charge is 0.335 e. The zero-order valence-corrected chi connectivity index (χ0v) is 20.7. The quantitative estimate of drug-likeness (QED) is 0.168. The van der Waals surface area contributed by atoms with Gasteiger partial charge in [0.05, 0.1) is 19.3 Å². The first-order chi connectivity index (χ1) is 16.4. The molecule has 212 valence electrons. The fraction of sp³-hybridized carbons (Fsp3) is 0.929. The zero-order chi connectivity index (χ0) is 27.5. The summed E-state index contributed by atoms with van der Waals surface area (Å²) in [5.41, 5.74) is 0. The first kappa shape index (κ1) is 31.1. The van der Waals surface area contributed by atoms with E-state index in [0.717, 1.165) is 7.11 Å². The van der Waals surface area contributed by atoms with E-state index in [1.54, 1.807) is 0 Å². The van der Waals surface area contributed by atoms with Gasteiger partial charge in [-0.1, -0.05) is 0 Å². The summed E-state index contributed by atoms with van der Waals surface area (Å²) in [7, 11) is -14.3. The third-order valence-electron chi connectivity index (χ3n) is 4.86. The molecule has 0 aromatic heterocycles. The summed E-state index contributed by atoms with van der Waals surface area (Å²) in [6, 6.07) is 0. The van der Waals surface area contributed by atoms with E-state index in [4.69, 9.17) is 23.7 Å². The molecule has 2 aliphatic rings. The predicted molar refractivity (Wildman–Crippen MR) is 102 cm³/mol. The minimum atomic E-state index is -5.67. The van der Waals surface area contributed by atoms with Gasteiger partial charge in [0, 0.05) is 20.6 Å². The van der Waals surface area contributed by atoms with Crippen LogP contribution >= 0.6 is 0 Å². The number of methoxy groups -OCH3 is 2. The summed E-state index contributed by atoms with van der Waals surface area (Å²) in [6.45, 7) is -1.41. The highest BCUT2D eigenvalue weighted by Crippen LogP contribution is 2.32. The molecule has 0 bridgehead atoms. The number of hydrogen-bond donors (Lipinski definition) is 1. The Morgan fingerprint density at radius 1 is 0.889 bits per heavy atom. The minimum absolute atomic E-state index is 0.301. The number of rotatable bonds is 12. The molecular weight excluding hydrogens is 568 g/mol. The number of hydrogen-bond acceptors (Lipinski definition) is 18. The van der Waals surface area contributed by atoms with Crippen LogP contribution in [0.3, 0.4) is 0 Å². The molecule has 0 saturated carbocycles. The molecule has 1 N–H and O–H groups in total. The van der Waals surface area contributed by atoms with Gasteiger partial charge in [0.25, 0.3) is 0 Å². The standard InChI is InChI=1S/C14H24O19S3/c1-26-8-5-28-12(13(15)16)11(9(8)27-2)31-14-10(33-36(23,24)25)7(32-35(20,21)22)3-6(30-14)4-29-34(17,18)19/h6-12,14H,3-5H2,1-2H3,(H,15,16)(H,17,18,19)(H,20,21,22)(H,23,24,25)/p-3/t6?,7?,8?,9?,10?,11-,12?,14+/m1/s1. The topological polar surface area (TPSA) is 283 Å². The summed E-state index contributed by atoms with van der Waals surface area (Å²) in [4.78, 5) is 11.7.